The van der Waals surface area contributed by atoms with Gasteiger partial charge in [0.1, 0.15) is 11.6 Å². The molecule has 2 N–H and O–H groups in total. The molecule has 0 aliphatic carbocycles. The van der Waals surface area contributed by atoms with Crippen LogP contribution >= 0.6 is 0 Å². The number of methoxy groups -OCH3 is 1. The zero-order valence-electron chi connectivity index (χ0n) is 13.0. The van der Waals surface area contributed by atoms with Gasteiger partial charge in [0.05, 0.1) is 12.8 Å². The molecule has 0 bridgehead atoms. The third kappa shape index (κ3) is 4.08. The summed E-state index contributed by atoms with van der Waals surface area (Å²) in [5.41, 5.74) is 2.98. The largest absolute Gasteiger partial charge is 0.495 e. The van der Waals surface area contributed by atoms with Crippen LogP contribution in [0.15, 0.2) is 24.3 Å². The summed E-state index contributed by atoms with van der Waals surface area (Å²) in [5.74, 6) is 2.19. The third-order valence-corrected chi connectivity index (χ3v) is 3.01. The standard InChI is InChI=1S/C16H22N4O/c1-5-8-17-16-18-12(3)10-15(20-16)19-13-9-11(2)6-7-14(13)21-4/h6-7,9-10H,5,8H2,1-4H3,(H2,17,18,19,20). The van der Waals surface area contributed by atoms with Gasteiger partial charge in [0, 0.05) is 18.3 Å². The smallest absolute Gasteiger partial charge is 0.224 e. The van der Waals surface area contributed by atoms with E-state index in [0.717, 1.165) is 41.5 Å². The molecule has 0 atom stereocenters. The van der Waals surface area contributed by atoms with E-state index < -0.39 is 0 Å². The predicted octanol–water partition coefficient (Wildman–Crippen LogP) is 3.67. The summed E-state index contributed by atoms with van der Waals surface area (Å²) >= 11 is 0. The third-order valence-electron chi connectivity index (χ3n) is 3.01. The molecule has 0 saturated carbocycles. The van der Waals surface area contributed by atoms with Crippen LogP contribution in [0.3, 0.4) is 0 Å². The van der Waals surface area contributed by atoms with Crippen molar-refractivity contribution in [2.75, 3.05) is 24.3 Å². The molecule has 0 aliphatic heterocycles. The number of aryl methyl sites for hydroxylation is 2. The highest BCUT2D eigenvalue weighted by Gasteiger charge is 2.06. The molecule has 0 fully saturated rings. The van der Waals surface area contributed by atoms with Crippen LogP contribution in [-0.2, 0) is 0 Å². The number of nitrogens with zero attached hydrogens (tertiary/aromatic N) is 2. The monoisotopic (exact) mass is 286 g/mol. The molecule has 2 aromatic rings. The lowest BCUT2D eigenvalue weighted by Gasteiger charge is -2.13. The molecule has 0 saturated heterocycles. The number of rotatable bonds is 6. The van der Waals surface area contributed by atoms with Crippen LogP contribution in [0, 0.1) is 13.8 Å². The number of ether oxygens (including phenoxy) is 1. The van der Waals surface area contributed by atoms with E-state index in [1.807, 2.05) is 38.1 Å². The summed E-state index contributed by atoms with van der Waals surface area (Å²) in [4.78, 5) is 8.86. The fourth-order valence-corrected chi connectivity index (χ4v) is 2.01. The first-order valence-electron chi connectivity index (χ1n) is 7.13. The molecule has 0 radical (unpaired) electrons. The van der Waals surface area contributed by atoms with Crippen LogP contribution in [0.4, 0.5) is 17.5 Å². The maximum absolute atomic E-state index is 5.38. The van der Waals surface area contributed by atoms with E-state index in [1.54, 1.807) is 7.11 Å². The molecule has 5 nitrogen and oxygen atoms in total. The van der Waals surface area contributed by atoms with Crippen LogP contribution in [0.25, 0.3) is 0 Å². The molecular weight excluding hydrogens is 264 g/mol. The Labute approximate surface area is 125 Å². The molecule has 0 aliphatic rings. The van der Waals surface area contributed by atoms with E-state index in [0.29, 0.717) is 5.95 Å². The summed E-state index contributed by atoms with van der Waals surface area (Å²) in [7, 11) is 1.66. The zero-order valence-corrected chi connectivity index (χ0v) is 13.0. The van der Waals surface area contributed by atoms with E-state index in [-0.39, 0.29) is 0 Å². The van der Waals surface area contributed by atoms with Gasteiger partial charge in [0.25, 0.3) is 0 Å². The number of benzene rings is 1. The molecule has 1 heterocycles. The average molecular weight is 286 g/mol. The minimum atomic E-state index is 0.644. The van der Waals surface area contributed by atoms with E-state index >= 15 is 0 Å². The van der Waals surface area contributed by atoms with E-state index in [2.05, 4.69) is 27.5 Å². The molecule has 5 heteroatoms. The summed E-state index contributed by atoms with van der Waals surface area (Å²) < 4.78 is 5.38. The van der Waals surface area contributed by atoms with Crippen molar-refractivity contribution in [3.8, 4) is 5.75 Å². The Balaban J connectivity index is 2.26. The van der Waals surface area contributed by atoms with Gasteiger partial charge in [0.2, 0.25) is 5.95 Å². The van der Waals surface area contributed by atoms with Gasteiger partial charge in [-0.05, 0) is 38.0 Å². The molecule has 0 spiro atoms. The molecule has 1 aromatic heterocycles. The van der Waals surface area contributed by atoms with E-state index in [9.17, 15) is 0 Å². The van der Waals surface area contributed by atoms with E-state index in [4.69, 9.17) is 4.74 Å². The molecule has 2 rings (SSSR count). The van der Waals surface area contributed by atoms with Crippen molar-refractivity contribution in [1.82, 2.24) is 9.97 Å². The summed E-state index contributed by atoms with van der Waals surface area (Å²) in [6.45, 7) is 6.97. The average Bonchev–Trinajstić information content (AvgIpc) is 2.45. The minimum Gasteiger partial charge on any atom is -0.495 e. The Morgan fingerprint density at radius 1 is 1.14 bits per heavy atom. The molecule has 1 aromatic carbocycles. The highest BCUT2D eigenvalue weighted by Crippen LogP contribution is 2.28. The van der Waals surface area contributed by atoms with E-state index in [1.165, 1.54) is 0 Å². The molecule has 0 unspecified atom stereocenters. The van der Waals surface area contributed by atoms with Crippen LogP contribution in [0.5, 0.6) is 5.75 Å². The van der Waals surface area contributed by atoms with Crippen molar-refractivity contribution < 1.29 is 4.74 Å². The van der Waals surface area contributed by atoms with Crippen LogP contribution < -0.4 is 15.4 Å². The van der Waals surface area contributed by atoms with Crippen molar-refractivity contribution in [2.45, 2.75) is 27.2 Å². The second kappa shape index (κ2) is 6.92. The number of aromatic nitrogens is 2. The van der Waals surface area contributed by atoms with Gasteiger partial charge >= 0.3 is 0 Å². The van der Waals surface area contributed by atoms with Crippen molar-refractivity contribution in [3.63, 3.8) is 0 Å². The first-order valence-corrected chi connectivity index (χ1v) is 7.13. The van der Waals surface area contributed by atoms with Gasteiger partial charge in [-0.2, -0.15) is 4.98 Å². The van der Waals surface area contributed by atoms with Crippen LogP contribution in [-0.4, -0.2) is 23.6 Å². The van der Waals surface area contributed by atoms with Gasteiger partial charge in [-0.25, -0.2) is 4.98 Å². The number of hydrogen-bond donors (Lipinski definition) is 2. The van der Waals surface area contributed by atoms with Gasteiger partial charge in [-0.1, -0.05) is 13.0 Å². The highest BCUT2D eigenvalue weighted by atomic mass is 16.5. The highest BCUT2D eigenvalue weighted by molar-refractivity contribution is 5.65. The maximum Gasteiger partial charge on any atom is 0.224 e. The van der Waals surface area contributed by atoms with Crippen molar-refractivity contribution in [1.29, 1.82) is 0 Å². The zero-order chi connectivity index (χ0) is 15.2. The normalized spacial score (nSPS) is 10.3. The lowest BCUT2D eigenvalue weighted by molar-refractivity contribution is 0.416. The Bertz CT molecular complexity index is 613. The molecule has 21 heavy (non-hydrogen) atoms. The fourth-order valence-electron chi connectivity index (χ4n) is 2.01. The summed E-state index contributed by atoms with van der Waals surface area (Å²) in [6.07, 6.45) is 1.03. The fraction of sp³-hybridized carbons (Fsp3) is 0.375. The Kier molecular flexibility index (Phi) is 4.98. The first-order chi connectivity index (χ1) is 10.1. The SMILES string of the molecule is CCCNc1nc(C)cc(Nc2cc(C)ccc2OC)n1. The topological polar surface area (TPSA) is 59.1 Å². The Hall–Kier alpha value is -2.30. The molecular formula is C16H22N4O. The lowest BCUT2D eigenvalue weighted by Crippen LogP contribution is -2.07. The number of hydrogen-bond acceptors (Lipinski definition) is 5. The second-order valence-electron chi connectivity index (χ2n) is 4.97. The summed E-state index contributed by atoms with van der Waals surface area (Å²) in [5, 5.41) is 6.51. The predicted molar refractivity (Wildman–Crippen MR) is 86.6 cm³/mol. The van der Waals surface area contributed by atoms with Gasteiger partial charge < -0.3 is 15.4 Å². The Morgan fingerprint density at radius 3 is 2.67 bits per heavy atom. The second-order valence-corrected chi connectivity index (χ2v) is 4.97. The first kappa shape index (κ1) is 15.1. The van der Waals surface area contributed by atoms with Gasteiger partial charge in [0.15, 0.2) is 0 Å². The van der Waals surface area contributed by atoms with Crippen molar-refractivity contribution in [3.05, 3.63) is 35.5 Å². The van der Waals surface area contributed by atoms with Crippen LogP contribution in [0.1, 0.15) is 24.6 Å². The van der Waals surface area contributed by atoms with Crippen molar-refractivity contribution in [2.24, 2.45) is 0 Å². The molecule has 0 amide bonds. The number of nitrogens with one attached hydrogen (secondary N) is 2. The van der Waals surface area contributed by atoms with Gasteiger partial charge in [-0.15, -0.1) is 0 Å². The maximum atomic E-state index is 5.38. The molecule has 112 valence electrons. The van der Waals surface area contributed by atoms with Crippen molar-refractivity contribution >= 4 is 17.5 Å². The number of anilines is 3. The Morgan fingerprint density at radius 2 is 1.95 bits per heavy atom. The summed E-state index contributed by atoms with van der Waals surface area (Å²) in [6, 6.07) is 7.92. The van der Waals surface area contributed by atoms with Gasteiger partial charge in [-0.3, -0.25) is 0 Å². The lowest BCUT2D eigenvalue weighted by atomic mass is 10.2. The quantitative estimate of drug-likeness (QED) is 0.848. The van der Waals surface area contributed by atoms with Crippen LogP contribution in [0.2, 0.25) is 0 Å². The minimum absolute atomic E-state index is 0.644.